The first-order chi connectivity index (χ1) is 8.75. The number of para-hydroxylation sites is 1. The zero-order chi connectivity index (χ0) is 12.5. The first-order valence-electron chi connectivity index (χ1n) is 6.25. The van der Waals surface area contributed by atoms with Crippen LogP contribution in [0, 0.1) is 6.92 Å². The largest absolute Gasteiger partial charge is 0.420 e. The van der Waals surface area contributed by atoms with E-state index in [0.29, 0.717) is 5.58 Å². The number of piperazine rings is 1. The van der Waals surface area contributed by atoms with E-state index >= 15 is 0 Å². The van der Waals surface area contributed by atoms with Gasteiger partial charge in [0.2, 0.25) is 0 Å². The molecule has 2 heterocycles. The molecule has 0 radical (unpaired) electrons. The Morgan fingerprint density at radius 2 is 2.06 bits per heavy atom. The fraction of sp³-hybridized carbons (Fsp3) is 0.357. The molecule has 1 aliphatic heterocycles. The van der Waals surface area contributed by atoms with Crippen molar-refractivity contribution in [1.82, 2.24) is 5.32 Å². The molecule has 0 bridgehead atoms. The van der Waals surface area contributed by atoms with Gasteiger partial charge in [0.05, 0.1) is 5.69 Å². The zero-order valence-corrected chi connectivity index (χ0v) is 10.4. The third-order valence-electron chi connectivity index (χ3n) is 3.41. The molecule has 0 spiro atoms. The van der Waals surface area contributed by atoms with E-state index in [1.165, 1.54) is 0 Å². The first kappa shape index (κ1) is 11.3. The van der Waals surface area contributed by atoms with Gasteiger partial charge in [-0.15, -0.1) is 0 Å². The van der Waals surface area contributed by atoms with Gasteiger partial charge in [0.25, 0.3) is 0 Å². The van der Waals surface area contributed by atoms with Gasteiger partial charge in [-0.3, -0.25) is 0 Å². The molecule has 0 aliphatic carbocycles. The van der Waals surface area contributed by atoms with Gasteiger partial charge < -0.3 is 14.6 Å². The lowest BCUT2D eigenvalue weighted by molar-refractivity contribution is 0.550. The highest BCUT2D eigenvalue weighted by Gasteiger charge is 2.15. The third-order valence-corrected chi connectivity index (χ3v) is 3.41. The maximum Gasteiger partial charge on any atom is 0.336 e. The molecule has 94 valence electrons. The highest BCUT2D eigenvalue weighted by molar-refractivity contribution is 5.91. The summed E-state index contributed by atoms with van der Waals surface area (Å²) in [7, 11) is 0. The van der Waals surface area contributed by atoms with E-state index in [1.807, 2.05) is 25.1 Å². The van der Waals surface area contributed by atoms with Gasteiger partial charge >= 0.3 is 5.63 Å². The molecule has 0 unspecified atom stereocenters. The predicted molar refractivity (Wildman–Crippen MR) is 72.3 cm³/mol. The summed E-state index contributed by atoms with van der Waals surface area (Å²) in [5.41, 5.74) is 2.43. The van der Waals surface area contributed by atoms with Gasteiger partial charge in [-0.1, -0.05) is 12.1 Å². The van der Waals surface area contributed by atoms with Gasteiger partial charge in [0.15, 0.2) is 5.58 Å². The number of fused-ring (bicyclic) bond motifs is 1. The Hall–Kier alpha value is -1.81. The molecular weight excluding hydrogens is 228 g/mol. The lowest BCUT2D eigenvalue weighted by atomic mass is 10.1. The number of rotatable bonds is 1. The second-order valence-corrected chi connectivity index (χ2v) is 4.64. The maximum absolute atomic E-state index is 11.5. The normalized spacial score (nSPS) is 16.2. The zero-order valence-electron chi connectivity index (χ0n) is 10.4. The van der Waals surface area contributed by atoms with Crippen molar-refractivity contribution in [1.29, 1.82) is 0 Å². The Labute approximate surface area is 105 Å². The Kier molecular flexibility index (Phi) is 2.80. The molecule has 0 amide bonds. The van der Waals surface area contributed by atoms with Crippen molar-refractivity contribution in [2.75, 3.05) is 31.1 Å². The highest BCUT2D eigenvalue weighted by atomic mass is 16.4. The van der Waals surface area contributed by atoms with Crippen molar-refractivity contribution in [3.63, 3.8) is 0 Å². The van der Waals surface area contributed by atoms with E-state index in [9.17, 15) is 4.79 Å². The monoisotopic (exact) mass is 244 g/mol. The predicted octanol–water partition coefficient (Wildman–Crippen LogP) is 1.51. The molecule has 1 N–H and O–H groups in total. The van der Waals surface area contributed by atoms with E-state index < -0.39 is 0 Å². The summed E-state index contributed by atoms with van der Waals surface area (Å²) >= 11 is 0. The van der Waals surface area contributed by atoms with Crippen molar-refractivity contribution >= 4 is 16.7 Å². The standard InChI is InChI=1S/C14H16N2O2/c1-10-9-13(17)18-14-11(10)3-2-4-12(14)16-7-5-15-6-8-16/h2-4,9,15H,5-8H2,1H3. The van der Waals surface area contributed by atoms with Crippen LogP contribution in [0.5, 0.6) is 0 Å². The van der Waals surface area contributed by atoms with Crippen LogP contribution in [0.15, 0.2) is 33.5 Å². The lowest BCUT2D eigenvalue weighted by Crippen LogP contribution is -2.43. The number of anilines is 1. The van der Waals surface area contributed by atoms with Crippen molar-refractivity contribution in [2.45, 2.75) is 6.92 Å². The number of hydrogen-bond donors (Lipinski definition) is 1. The van der Waals surface area contributed by atoms with Gasteiger partial charge in [-0.05, 0) is 18.6 Å². The third kappa shape index (κ3) is 1.88. The molecule has 0 saturated carbocycles. The quantitative estimate of drug-likeness (QED) is 0.772. The molecule has 1 aromatic heterocycles. The van der Waals surface area contributed by atoms with E-state index in [2.05, 4.69) is 10.2 Å². The van der Waals surface area contributed by atoms with Crippen molar-refractivity contribution in [2.24, 2.45) is 0 Å². The molecular formula is C14H16N2O2. The van der Waals surface area contributed by atoms with Crippen LogP contribution in [0.4, 0.5) is 5.69 Å². The van der Waals surface area contributed by atoms with Crippen LogP contribution in [0.3, 0.4) is 0 Å². The number of nitrogens with one attached hydrogen (secondary N) is 1. The lowest BCUT2D eigenvalue weighted by Gasteiger charge is -2.29. The fourth-order valence-electron chi connectivity index (χ4n) is 2.48. The van der Waals surface area contributed by atoms with Crippen LogP contribution in [0.1, 0.15) is 5.56 Å². The van der Waals surface area contributed by atoms with Gasteiger partial charge in [-0.25, -0.2) is 4.79 Å². The SMILES string of the molecule is Cc1cc(=O)oc2c(N3CCNCC3)cccc12. The average Bonchev–Trinajstić information content (AvgIpc) is 2.39. The smallest absolute Gasteiger partial charge is 0.336 e. The van der Waals surface area contributed by atoms with Crippen molar-refractivity contribution in [3.05, 3.63) is 40.2 Å². The molecule has 0 atom stereocenters. The van der Waals surface area contributed by atoms with E-state index in [1.54, 1.807) is 6.07 Å². The summed E-state index contributed by atoms with van der Waals surface area (Å²) in [6, 6.07) is 7.59. The van der Waals surface area contributed by atoms with E-state index in [4.69, 9.17) is 4.42 Å². The van der Waals surface area contributed by atoms with Gasteiger partial charge in [0.1, 0.15) is 0 Å². The van der Waals surface area contributed by atoms with Crippen LogP contribution in [0.25, 0.3) is 11.0 Å². The number of benzene rings is 1. The minimum absolute atomic E-state index is 0.275. The van der Waals surface area contributed by atoms with E-state index in [0.717, 1.165) is 42.8 Å². The van der Waals surface area contributed by atoms with Crippen LogP contribution < -0.4 is 15.8 Å². The molecule has 4 nitrogen and oxygen atoms in total. The first-order valence-corrected chi connectivity index (χ1v) is 6.25. The summed E-state index contributed by atoms with van der Waals surface area (Å²) in [5, 5.41) is 4.34. The summed E-state index contributed by atoms with van der Waals surface area (Å²) in [5.74, 6) is 0. The van der Waals surface area contributed by atoms with Crippen LogP contribution in [0.2, 0.25) is 0 Å². The van der Waals surface area contributed by atoms with Crippen LogP contribution >= 0.6 is 0 Å². The number of aryl methyl sites for hydroxylation is 1. The highest BCUT2D eigenvalue weighted by Crippen LogP contribution is 2.27. The molecule has 1 aromatic carbocycles. The molecule has 1 fully saturated rings. The Morgan fingerprint density at radius 3 is 2.83 bits per heavy atom. The molecule has 4 heteroatoms. The summed E-state index contributed by atoms with van der Waals surface area (Å²) < 4.78 is 5.41. The van der Waals surface area contributed by atoms with Crippen molar-refractivity contribution in [3.8, 4) is 0 Å². The second kappa shape index (κ2) is 4.46. The average molecular weight is 244 g/mol. The van der Waals surface area contributed by atoms with Gasteiger partial charge in [0, 0.05) is 37.6 Å². The number of hydrogen-bond acceptors (Lipinski definition) is 4. The molecule has 1 aliphatic rings. The van der Waals surface area contributed by atoms with Crippen LogP contribution in [-0.2, 0) is 0 Å². The Morgan fingerprint density at radius 1 is 1.28 bits per heavy atom. The second-order valence-electron chi connectivity index (χ2n) is 4.64. The Bertz CT molecular complexity index is 627. The molecule has 2 aromatic rings. The number of nitrogens with zero attached hydrogens (tertiary/aromatic N) is 1. The topological polar surface area (TPSA) is 45.5 Å². The minimum atomic E-state index is -0.275. The minimum Gasteiger partial charge on any atom is -0.420 e. The van der Waals surface area contributed by atoms with Crippen LogP contribution in [-0.4, -0.2) is 26.2 Å². The molecule has 3 rings (SSSR count). The Balaban J connectivity index is 2.19. The summed E-state index contributed by atoms with van der Waals surface area (Å²) in [6.07, 6.45) is 0. The summed E-state index contributed by atoms with van der Waals surface area (Å²) in [4.78, 5) is 13.8. The maximum atomic E-state index is 11.5. The molecule has 1 saturated heterocycles. The molecule has 18 heavy (non-hydrogen) atoms. The van der Waals surface area contributed by atoms with E-state index in [-0.39, 0.29) is 5.63 Å². The van der Waals surface area contributed by atoms with Crippen molar-refractivity contribution < 1.29 is 4.42 Å². The fourth-order valence-corrected chi connectivity index (χ4v) is 2.48. The van der Waals surface area contributed by atoms with Gasteiger partial charge in [-0.2, -0.15) is 0 Å². The summed E-state index contributed by atoms with van der Waals surface area (Å²) in [6.45, 7) is 5.76.